The lowest BCUT2D eigenvalue weighted by molar-refractivity contribution is -0.385. The molecule has 0 radical (unpaired) electrons. The van der Waals surface area contributed by atoms with E-state index >= 15 is 0 Å². The number of aromatic hydroxyl groups is 1. The summed E-state index contributed by atoms with van der Waals surface area (Å²) < 4.78 is 0.210. The Morgan fingerprint density at radius 3 is 2.76 bits per heavy atom. The van der Waals surface area contributed by atoms with Crippen molar-refractivity contribution < 1.29 is 14.8 Å². The number of rotatable bonds is 3. The summed E-state index contributed by atoms with van der Waals surface area (Å²) in [5, 5.41) is 21.7. The summed E-state index contributed by atoms with van der Waals surface area (Å²) in [5.74, 6) is -0.744. The van der Waals surface area contributed by atoms with Crippen LogP contribution in [0.15, 0.2) is 21.1 Å². The number of nitro benzene ring substituents is 1. The number of ketones is 1. The smallest absolute Gasteiger partial charge is 0.274 e. The molecule has 2 heterocycles. The van der Waals surface area contributed by atoms with E-state index in [-0.39, 0.29) is 38.5 Å². The third-order valence-corrected chi connectivity index (χ3v) is 7.50. The summed E-state index contributed by atoms with van der Waals surface area (Å²) in [7, 11) is 0. The minimum atomic E-state index is -0.524. The van der Waals surface area contributed by atoms with Crippen molar-refractivity contribution >= 4 is 39.2 Å². The molecule has 3 rings (SSSR count). The number of nitrogens with zero attached hydrogens (tertiary/aromatic N) is 2. The van der Waals surface area contributed by atoms with Crippen LogP contribution in [0.25, 0.3) is 0 Å². The first-order valence-electron chi connectivity index (χ1n) is 8.05. The summed E-state index contributed by atoms with van der Waals surface area (Å²) >= 11 is 4.86. The van der Waals surface area contributed by atoms with E-state index in [4.69, 9.17) is 0 Å². The van der Waals surface area contributed by atoms with Crippen LogP contribution >= 0.6 is 27.7 Å². The molecule has 2 unspecified atom stereocenters. The third kappa shape index (κ3) is 2.95. The van der Waals surface area contributed by atoms with Gasteiger partial charge < -0.3 is 10.0 Å². The largest absolute Gasteiger partial charge is 0.506 e. The van der Waals surface area contributed by atoms with E-state index in [1.165, 1.54) is 16.7 Å². The van der Waals surface area contributed by atoms with Crippen LogP contribution in [0.3, 0.4) is 0 Å². The number of Topliss-reactive ketones (excluding diaryl/α,β-unsaturated/α-hetero) is 1. The second-order valence-corrected chi connectivity index (χ2v) is 8.57. The van der Waals surface area contributed by atoms with Crippen molar-refractivity contribution in [3.05, 3.63) is 42.4 Å². The second-order valence-electron chi connectivity index (χ2n) is 6.44. The van der Waals surface area contributed by atoms with Gasteiger partial charge in [0.1, 0.15) is 5.75 Å². The van der Waals surface area contributed by atoms with Crippen LogP contribution in [0, 0.1) is 23.0 Å². The average molecular weight is 427 g/mol. The number of benzene rings is 1. The molecule has 0 spiro atoms. The molecule has 1 saturated heterocycles. The van der Waals surface area contributed by atoms with E-state index < -0.39 is 4.92 Å². The molecule has 0 aliphatic carbocycles. The zero-order chi connectivity index (χ0) is 18.5. The fourth-order valence-electron chi connectivity index (χ4n) is 3.50. The molecule has 0 saturated carbocycles. The Bertz CT molecular complexity index is 808. The number of hydrogen-bond acceptors (Lipinski definition) is 6. The van der Waals surface area contributed by atoms with Crippen molar-refractivity contribution in [2.45, 2.75) is 39.0 Å². The lowest BCUT2D eigenvalue weighted by Crippen LogP contribution is -2.42. The van der Waals surface area contributed by atoms with Crippen molar-refractivity contribution in [3.63, 3.8) is 0 Å². The Labute approximate surface area is 158 Å². The van der Waals surface area contributed by atoms with E-state index in [0.29, 0.717) is 12.0 Å². The van der Waals surface area contributed by atoms with Gasteiger partial charge in [-0.3, -0.25) is 14.9 Å². The van der Waals surface area contributed by atoms with Gasteiger partial charge in [0.15, 0.2) is 5.78 Å². The lowest BCUT2D eigenvalue weighted by Gasteiger charge is -2.37. The molecule has 6 nitrogen and oxygen atoms in total. The van der Waals surface area contributed by atoms with Crippen LogP contribution in [-0.4, -0.2) is 32.6 Å². The predicted molar refractivity (Wildman–Crippen MR) is 101 cm³/mol. The fourth-order valence-corrected chi connectivity index (χ4v) is 5.38. The van der Waals surface area contributed by atoms with Crippen molar-refractivity contribution in [2.75, 3.05) is 6.54 Å². The quantitative estimate of drug-likeness (QED) is 0.432. The Balaban J connectivity index is 2.00. The molecular formula is C17H19BrN2O4S. The number of thioether (sulfide) groups is 1. The summed E-state index contributed by atoms with van der Waals surface area (Å²) in [6.45, 7) is 6.56. The molecule has 2 aliphatic rings. The number of halogens is 1. The lowest BCUT2D eigenvalue weighted by atomic mass is 9.88. The number of hydrogen-bond donors (Lipinski definition) is 1. The highest BCUT2D eigenvalue weighted by Crippen LogP contribution is 2.47. The summed E-state index contributed by atoms with van der Waals surface area (Å²) in [5.41, 5.74) is 1.37. The number of carbonyl (C=O) groups excluding carboxylic acids is 1. The number of phenolic OH excluding ortho intramolecular Hbond substituents is 1. The van der Waals surface area contributed by atoms with E-state index in [9.17, 15) is 20.0 Å². The minimum Gasteiger partial charge on any atom is -0.506 e. The van der Waals surface area contributed by atoms with Gasteiger partial charge in [0.05, 0.1) is 26.3 Å². The molecule has 8 heteroatoms. The number of phenols is 1. The van der Waals surface area contributed by atoms with E-state index in [0.717, 1.165) is 13.0 Å². The Kier molecular flexibility index (Phi) is 4.85. The molecule has 1 N–H and O–H groups in total. The molecule has 2 atom stereocenters. The van der Waals surface area contributed by atoms with Gasteiger partial charge in [0.2, 0.25) is 0 Å². The van der Waals surface area contributed by atoms with E-state index in [2.05, 4.69) is 27.8 Å². The third-order valence-electron chi connectivity index (χ3n) is 5.06. The molecular weight excluding hydrogens is 408 g/mol. The Morgan fingerprint density at radius 1 is 1.44 bits per heavy atom. The first-order chi connectivity index (χ1) is 11.7. The van der Waals surface area contributed by atoms with E-state index in [1.54, 1.807) is 18.7 Å². The predicted octanol–water partition coefficient (Wildman–Crippen LogP) is 4.59. The maximum Gasteiger partial charge on any atom is 0.274 e. The van der Waals surface area contributed by atoms with Gasteiger partial charge in [0.25, 0.3) is 5.69 Å². The normalized spacial score (nSPS) is 23.0. The van der Waals surface area contributed by atoms with Gasteiger partial charge in [-0.25, -0.2) is 0 Å². The molecule has 134 valence electrons. The maximum atomic E-state index is 13.2. The van der Waals surface area contributed by atoms with Crippen molar-refractivity contribution in [1.29, 1.82) is 0 Å². The number of nitro groups is 1. The van der Waals surface area contributed by atoms with Crippen LogP contribution in [0.5, 0.6) is 5.75 Å². The van der Waals surface area contributed by atoms with Gasteiger partial charge in [0, 0.05) is 28.8 Å². The van der Waals surface area contributed by atoms with Crippen LogP contribution in [-0.2, 0) is 0 Å². The molecule has 2 aliphatic heterocycles. The average Bonchev–Trinajstić information content (AvgIpc) is 2.87. The fraction of sp³-hybridized carbons (Fsp3) is 0.471. The first kappa shape index (κ1) is 18.3. The standard InChI is InChI=1S/C17H19BrN2O4S/c1-8-13(20(23)24)7-12(16(22)14(8)18)15(21)11-5-4-6-19-9(2)10(3)25-17(11)19/h7,11,17,22H,4-6H2,1-3H3. The van der Waals surface area contributed by atoms with Crippen molar-refractivity contribution in [1.82, 2.24) is 4.90 Å². The summed E-state index contributed by atoms with van der Waals surface area (Å²) in [6.07, 6.45) is 1.60. The van der Waals surface area contributed by atoms with E-state index in [1.807, 2.05) is 6.92 Å². The summed E-state index contributed by atoms with van der Waals surface area (Å²) in [6, 6.07) is 1.21. The molecule has 1 aromatic rings. The van der Waals surface area contributed by atoms with Crippen LogP contribution in [0.4, 0.5) is 5.69 Å². The van der Waals surface area contributed by atoms with Gasteiger partial charge in [-0.1, -0.05) is 0 Å². The zero-order valence-corrected chi connectivity index (χ0v) is 16.6. The topological polar surface area (TPSA) is 83.7 Å². The SMILES string of the molecule is CC1=C(C)N2CCCC(C(=O)c3cc([N+](=O)[O-])c(C)c(Br)c3O)C2S1. The van der Waals surface area contributed by atoms with Gasteiger partial charge in [-0.15, -0.1) is 11.8 Å². The van der Waals surface area contributed by atoms with Gasteiger partial charge in [-0.2, -0.15) is 0 Å². The molecule has 0 bridgehead atoms. The number of allylic oxidation sites excluding steroid dienone is 2. The number of fused-ring (bicyclic) bond motifs is 1. The molecule has 1 aromatic carbocycles. The van der Waals surface area contributed by atoms with Crippen molar-refractivity contribution in [3.8, 4) is 5.75 Å². The van der Waals surface area contributed by atoms with Crippen LogP contribution in [0.1, 0.15) is 42.6 Å². The minimum absolute atomic E-state index is 0.000199. The van der Waals surface area contributed by atoms with Crippen molar-refractivity contribution in [2.24, 2.45) is 5.92 Å². The zero-order valence-electron chi connectivity index (χ0n) is 14.2. The molecule has 1 fully saturated rings. The Hall–Kier alpha value is -1.54. The Morgan fingerprint density at radius 2 is 2.12 bits per heavy atom. The summed E-state index contributed by atoms with van der Waals surface area (Å²) in [4.78, 5) is 27.3. The molecule has 0 amide bonds. The first-order valence-corrected chi connectivity index (χ1v) is 9.72. The number of carbonyl (C=O) groups is 1. The van der Waals surface area contributed by atoms with Crippen LogP contribution < -0.4 is 0 Å². The maximum absolute atomic E-state index is 13.2. The van der Waals surface area contributed by atoms with Gasteiger partial charge >= 0.3 is 0 Å². The highest BCUT2D eigenvalue weighted by molar-refractivity contribution is 9.10. The van der Waals surface area contributed by atoms with Crippen LogP contribution in [0.2, 0.25) is 0 Å². The highest BCUT2D eigenvalue weighted by Gasteiger charge is 2.42. The highest BCUT2D eigenvalue weighted by atomic mass is 79.9. The number of piperidine rings is 1. The second kappa shape index (κ2) is 6.64. The van der Waals surface area contributed by atoms with Gasteiger partial charge in [-0.05, 0) is 49.5 Å². The molecule has 25 heavy (non-hydrogen) atoms. The monoisotopic (exact) mass is 426 g/mol. The molecule has 0 aromatic heterocycles.